The number of amidine groups is 1. The number of nitrogens with zero attached hydrogens (tertiary/aromatic N) is 3. The molecular formula is C19H25BrN6O. The maximum atomic E-state index is 8.86. The minimum atomic E-state index is 0.312. The molecule has 5 N–H and O–H groups in total. The molecule has 3 rings (SSSR count). The van der Waals surface area contributed by atoms with Crippen LogP contribution >= 0.6 is 15.9 Å². The van der Waals surface area contributed by atoms with Crippen molar-refractivity contribution in [3.63, 3.8) is 0 Å². The highest BCUT2D eigenvalue weighted by Gasteiger charge is 2.17. The number of allylic oxidation sites excluding steroid dienone is 1. The summed E-state index contributed by atoms with van der Waals surface area (Å²) in [5, 5.41) is 13.2. The predicted molar refractivity (Wildman–Crippen MR) is 112 cm³/mol. The summed E-state index contributed by atoms with van der Waals surface area (Å²) in [6.07, 6.45) is 9.57. The van der Waals surface area contributed by atoms with E-state index in [0.29, 0.717) is 28.9 Å². The van der Waals surface area contributed by atoms with E-state index in [2.05, 4.69) is 31.2 Å². The lowest BCUT2D eigenvalue weighted by Gasteiger charge is -2.23. The molecule has 0 aromatic carbocycles. The van der Waals surface area contributed by atoms with Gasteiger partial charge < -0.3 is 21.2 Å². The molecule has 0 spiro atoms. The van der Waals surface area contributed by atoms with Gasteiger partial charge in [-0.15, -0.1) is 0 Å². The Hall–Kier alpha value is -2.53. The fraction of sp³-hybridized carbons (Fsp3) is 0.421. The van der Waals surface area contributed by atoms with Crippen LogP contribution in [0.3, 0.4) is 0 Å². The summed E-state index contributed by atoms with van der Waals surface area (Å²) < 4.78 is 6.24. The lowest BCUT2D eigenvalue weighted by atomic mass is 9.95. The molecule has 0 aliphatic heterocycles. The molecule has 1 fully saturated rings. The first-order valence-corrected chi connectivity index (χ1v) is 9.64. The molecule has 7 nitrogen and oxygen atoms in total. The van der Waals surface area contributed by atoms with Gasteiger partial charge in [-0.1, -0.05) is 19.3 Å². The number of nitrogens with one attached hydrogen (secondary N) is 1. The van der Waals surface area contributed by atoms with Crippen molar-refractivity contribution in [2.24, 2.45) is 16.5 Å². The molecule has 0 unspecified atom stereocenters. The van der Waals surface area contributed by atoms with E-state index >= 15 is 0 Å². The van der Waals surface area contributed by atoms with Crippen LogP contribution in [-0.2, 0) is 0 Å². The van der Waals surface area contributed by atoms with Crippen LogP contribution < -0.4 is 16.8 Å². The van der Waals surface area contributed by atoms with Gasteiger partial charge in [-0.25, -0.2) is 4.98 Å². The molecule has 2 aromatic heterocycles. The first-order chi connectivity index (χ1) is 12.9. The fourth-order valence-electron chi connectivity index (χ4n) is 2.87. The van der Waals surface area contributed by atoms with Gasteiger partial charge >= 0.3 is 0 Å². The van der Waals surface area contributed by atoms with Crippen molar-refractivity contribution >= 4 is 38.6 Å². The molecule has 1 aliphatic rings. The van der Waals surface area contributed by atoms with Gasteiger partial charge in [-0.2, -0.15) is 5.26 Å². The summed E-state index contributed by atoms with van der Waals surface area (Å²) in [5.74, 6) is 1.61. The second-order valence-electron chi connectivity index (χ2n) is 6.44. The number of aliphatic imine (C=N–C) groups is 1. The third-order valence-electron chi connectivity index (χ3n) is 4.21. The van der Waals surface area contributed by atoms with E-state index in [4.69, 9.17) is 21.1 Å². The number of anilines is 1. The number of nitrogens with two attached hydrogens (primary N) is 2. The number of hydrogen-bond donors (Lipinski definition) is 3. The highest BCUT2D eigenvalue weighted by atomic mass is 79.9. The molecule has 0 radical (unpaired) electrons. The monoisotopic (exact) mass is 432 g/mol. The van der Waals surface area contributed by atoms with Crippen molar-refractivity contribution in [2.75, 3.05) is 12.4 Å². The van der Waals surface area contributed by atoms with Crippen molar-refractivity contribution in [1.82, 2.24) is 4.98 Å². The van der Waals surface area contributed by atoms with Gasteiger partial charge in [0.15, 0.2) is 5.58 Å². The number of rotatable bonds is 3. The summed E-state index contributed by atoms with van der Waals surface area (Å²) in [6.45, 7) is 1.76. The molecule has 144 valence electrons. The van der Waals surface area contributed by atoms with Gasteiger partial charge in [-0.3, -0.25) is 4.99 Å². The second-order valence-corrected chi connectivity index (χ2v) is 7.23. The zero-order chi connectivity index (χ0) is 19.8. The van der Waals surface area contributed by atoms with Gasteiger partial charge in [0.25, 0.3) is 0 Å². The lowest BCUT2D eigenvalue weighted by molar-refractivity contribution is 0.461. The Kier molecular flexibility index (Phi) is 7.67. The number of hydrogen-bond acceptors (Lipinski definition) is 6. The van der Waals surface area contributed by atoms with Gasteiger partial charge in [0, 0.05) is 30.2 Å². The topological polar surface area (TPSA) is 126 Å². The van der Waals surface area contributed by atoms with E-state index in [1.165, 1.54) is 32.1 Å². The molecule has 0 saturated heterocycles. The highest BCUT2D eigenvalue weighted by molar-refractivity contribution is 9.10. The van der Waals surface area contributed by atoms with Crippen LogP contribution in [-0.4, -0.2) is 23.9 Å². The second kappa shape index (κ2) is 9.97. The molecule has 8 heteroatoms. The quantitative estimate of drug-likeness (QED) is 0.495. The van der Waals surface area contributed by atoms with E-state index in [0.717, 1.165) is 15.7 Å². The summed E-state index contributed by atoms with van der Waals surface area (Å²) in [6, 6.07) is 4.25. The number of furan rings is 1. The average Bonchev–Trinajstić information content (AvgIpc) is 3.09. The van der Waals surface area contributed by atoms with Gasteiger partial charge in [0.1, 0.15) is 17.7 Å². The van der Waals surface area contributed by atoms with Crippen molar-refractivity contribution in [1.29, 1.82) is 5.26 Å². The van der Waals surface area contributed by atoms with E-state index in [9.17, 15) is 0 Å². The Bertz CT molecular complexity index is 870. The zero-order valence-corrected chi connectivity index (χ0v) is 17.2. The van der Waals surface area contributed by atoms with Crippen LogP contribution in [0.5, 0.6) is 0 Å². The summed E-state index contributed by atoms with van der Waals surface area (Å²) >= 11 is 3.56. The Morgan fingerprint density at radius 1 is 1.41 bits per heavy atom. The number of aromatic nitrogens is 1. The summed E-state index contributed by atoms with van der Waals surface area (Å²) in [7, 11) is 1.62. The Balaban J connectivity index is 0.000000279. The number of pyridine rings is 1. The Labute approximate surface area is 167 Å². The minimum Gasteiger partial charge on any atom is -0.444 e. The van der Waals surface area contributed by atoms with Gasteiger partial charge in [0.2, 0.25) is 5.76 Å². The number of halogens is 1. The first kappa shape index (κ1) is 20.8. The zero-order valence-electron chi connectivity index (χ0n) is 15.6. The largest absolute Gasteiger partial charge is 0.444 e. The molecule has 2 heterocycles. The van der Waals surface area contributed by atoms with E-state index in [1.54, 1.807) is 32.3 Å². The van der Waals surface area contributed by atoms with Crippen LogP contribution in [0.4, 0.5) is 5.82 Å². The summed E-state index contributed by atoms with van der Waals surface area (Å²) in [4.78, 5) is 8.05. The molecule has 0 atom stereocenters. The lowest BCUT2D eigenvalue weighted by Crippen LogP contribution is -2.23. The van der Waals surface area contributed by atoms with Crippen molar-refractivity contribution < 1.29 is 4.42 Å². The van der Waals surface area contributed by atoms with Crippen molar-refractivity contribution in [3.05, 3.63) is 34.3 Å². The fourth-order valence-corrected chi connectivity index (χ4v) is 3.40. The molecule has 2 aromatic rings. The van der Waals surface area contributed by atoms with Crippen LogP contribution in [0, 0.1) is 11.3 Å². The normalized spacial score (nSPS) is 15.8. The molecule has 1 saturated carbocycles. The predicted octanol–water partition coefficient (Wildman–Crippen LogP) is 4.04. The van der Waals surface area contributed by atoms with Crippen LogP contribution in [0.15, 0.2) is 37.9 Å². The molecule has 1 aliphatic carbocycles. The number of fused-ring (bicyclic) bond motifs is 1. The van der Waals surface area contributed by atoms with Gasteiger partial charge in [0.05, 0.1) is 10.7 Å². The van der Waals surface area contributed by atoms with Crippen molar-refractivity contribution in [2.45, 2.75) is 45.1 Å². The highest BCUT2D eigenvalue weighted by Crippen LogP contribution is 2.33. The Morgan fingerprint density at radius 2 is 2.11 bits per heavy atom. The standard InChI is InChI=1S/C14H14BrN3O.C5H11N3/c15-13-11-6-10(7-16)19-12(11)8-17-14(13)18-9-4-2-1-3-5-9;1-4(6)3-5(7)8-2/h6,8-9H,1-5H2,(H,17,18);3H,6H2,1-2H3,(H2,7,8)/b;4-3-. The van der Waals surface area contributed by atoms with Crippen LogP contribution in [0.2, 0.25) is 0 Å². The van der Waals surface area contributed by atoms with Crippen molar-refractivity contribution in [3.8, 4) is 6.07 Å². The Morgan fingerprint density at radius 3 is 2.67 bits per heavy atom. The molecule has 27 heavy (non-hydrogen) atoms. The maximum absolute atomic E-state index is 8.86. The average molecular weight is 433 g/mol. The van der Waals surface area contributed by atoms with Crippen LogP contribution in [0.1, 0.15) is 44.8 Å². The third kappa shape index (κ3) is 6.00. The molecule has 0 amide bonds. The molecular weight excluding hydrogens is 408 g/mol. The maximum Gasteiger partial charge on any atom is 0.204 e. The van der Waals surface area contributed by atoms with E-state index in [1.807, 2.05) is 6.07 Å². The SMILES string of the molecule is CN=C(N)/C=C(/C)N.N#Cc1cc2c(Br)c(NC3CCCCC3)ncc2o1. The summed E-state index contributed by atoms with van der Waals surface area (Å²) in [5.41, 5.74) is 11.8. The number of nitriles is 1. The van der Waals surface area contributed by atoms with Gasteiger partial charge in [-0.05, 0) is 41.8 Å². The van der Waals surface area contributed by atoms with E-state index < -0.39 is 0 Å². The smallest absolute Gasteiger partial charge is 0.204 e. The first-order valence-electron chi connectivity index (χ1n) is 8.85. The minimum absolute atomic E-state index is 0.312. The third-order valence-corrected chi connectivity index (χ3v) is 5.01. The molecule has 0 bridgehead atoms. The van der Waals surface area contributed by atoms with Crippen LogP contribution in [0.25, 0.3) is 11.0 Å². The van der Waals surface area contributed by atoms with E-state index in [-0.39, 0.29) is 0 Å².